The second-order valence-corrected chi connectivity index (χ2v) is 8.46. The molecule has 1 heterocycles. The Labute approximate surface area is 167 Å². The maximum Gasteiger partial charge on any atom is 0.326 e. The number of rotatable bonds is 10. The van der Waals surface area contributed by atoms with E-state index < -0.39 is 23.2 Å². The van der Waals surface area contributed by atoms with Crippen molar-refractivity contribution in [2.24, 2.45) is 5.92 Å². The summed E-state index contributed by atoms with van der Waals surface area (Å²) < 4.78 is 0. The fourth-order valence-electron chi connectivity index (χ4n) is 3.00. The van der Waals surface area contributed by atoms with Crippen LogP contribution < -0.4 is 5.32 Å². The van der Waals surface area contributed by atoms with Gasteiger partial charge < -0.3 is 20.5 Å². The molecule has 0 radical (unpaired) electrons. The smallest absolute Gasteiger partial charge is 0.326 e. The van der Waals surface area contributed by atoms with Gasteiger partial charge in [-0.15, -0.1) is 11.8 Å². The lowest BCUT2D eigenvalue weighted by atomic mass is 10.1. The fraction of sp³-hybridized carbons (Fsp3) is 0.450. The first-order valence-electron chi connectivity index (χ1n) is 9.17. The zero-order chi connectivity index (χ0) is 20.8. The van der Waals surface area contributed by atoms with Gasteiger partial charge in [0.1, 0.15) is 6.04 Å². The van der Waals surface area contributed by atoms with Gasteiger partial charge in [0.15, 0.2) is 0 Å². The van der Waals surface area contributed by atoms with Crippen LogP contribution >= 0.6 is 11.8 Å². The molecule has 152 valence electrons. The highest BCUT2D eigenvalue weighted by Crippen LogP contribution is 2.35. The van der Waals surface area contributed by atoms with Crippen LogP contribution in [-0.2, 0) is 14.4 Å². The first-order chi connectivity index (χ1) is 13.2. The molecule has 0 saturated heterocycles. The molecule has 0 aliphatic heterocycles. The van der Waals surface area contributed by atoms with Crippen molar-refractivity contribution in [2.45, 2.75) is 56.2 Å². The molecule has 0 bridgehead atoms. The molecule has 0 aliphatic carbocycles. The van der Waals surface area contributed by atoms with Crippen molar-refractivity contribution in [1.29, 1.82) is 0 Å². The molecular formula is C20H26N2O5S. The number of H-pyrrole nitrogens is 1. The van der Waals surface area contributed by atoms with Crippen molar-refractivity contribution in [3.63, 3.8) is 0 Å². The maximum atomic E-state index is 12.8. The molecule has 7 nitrogen and oxygen atoms in total. The van der Waals surface area contributed by atoms with Crippen LogP contribution in [0.25, 0.3) is 10.9 Å². The molecular weight excluding hydrogens is 380 g/mol. The summed E-state index contributed by atoms with van der Waals surface area (Å²) in [6.45, 7) is 6.00. The second kappa shape index (κ2) is 9.64. The molecule has 0 spiro atoms. The van der Waals surface area contributed by atoms with E-state index >= 15 is 0 Å². The van der Waals surface area contributed by atoms with Crippen molar-refractivity contribution < 1.29 is 24.6 Å². The summed E-state index contributed by atoms with van der Waals surface area (Å²) in [5.74, 6) is -2.48. The summed E-state index contributed by atoms with van der Waals surface area (Å²) >= 11 is 1.40. The Balaban J connectivity index is 2.20. The van der Waals surface area contributed by atoms with Gasteiger partial charge in [-0.05, 0) is 37.3 Å². The Kier molecular flexibility index (Phi) is 7.51. The number of carboxylic acid groups (broad SMARTS) is 2. The number of aromatic amines is 1. The third kappa shape index (κ3) is 5.76. The lowest BCUT2D eigenvalue weighted by molar-refractivity contribution is -0.143. The zero-order valence-corrected chi connectivity index (χ0v) is 17.0. The molecule has 1 aromatic carbocycles. The number of aryl methyl sites for hydroxylation is 1. The van der Waals surface area contributed by atoms with Gasteiger partial charge in [0.2, 0.25) is 5.91 Å². The summed E-state index contributed by atoms with van der Waals surface area (Å²) in [5, 5.41) is 21.2. The van der Waals surface area contributed by atoms with Gasteiger partial charge >= 0.3 is 11.9 Å². The number of benzene rings is 1. The van der Waals surface area contributed by atoms with Crippen molar-refractivity contribution >= 4 is 40.5 Å². The average Bonchev–Trinajstić information content (AvgIpc) is 3.01. The molecule has 0 fully saturated rings. The SMILES string of the molecule is Cc1cccc2[nH]cc(SC(CC(C)C)C(=O)NC(CCC(=O)O)C(=O)O)c12. The number of hydrogen-bond donors (Lipinski definition) is 4. The molecule has 2 rings (SSSR count). The van der Waals surface area contributed by atoms with Crippen LogP contribution in [0.4, 0.5) is 0 Å². The normalized spacial score (nSPS) is 13.4. The van der Waals surface area contributed by atoms with Crippen molar-refractivity contribution in [2.75, 3.05) is 0 Å². The minimum Gasteiger partial charge on any atom is -0.481 e. The lowest BCUT2D eigenvalue weighted by Gasteiger charge is -2.21. The van der Waals surface area contributed by atoms with Gasteiger partial charge in [-0.1, -0.05) is 26.0 Å². The minimum atomic E-state index is -1.23. The van der Waals surface area contributed by atoms with Gasteiger partial charge in [-0.25, -0.2) is 4.79 Å². The van der Waals surface area contributed by atoms with E-state index in [1.165, 1.54) is 11.8 Å². The van der Waals surface area contributed by atoms with E-state index in [-0.39, 0.29) is 24.7 Å². The number of aliphatic carboxylic acids is 2. The number of amides is 1. The van der Waals surface area contributed by atoms with E-state index in [9.17, 15) is 19.5 Å². The van der Waals surface area contributed by atoms with Gasteiger partial charge in [0.25, 0.3) is 0 Å². The Morgan fingerprint density at radius 3 is 2.54 bits per heavy atom. The van der Waals surface area contributed by atoms with E-state index in [1.807, 2.05) is 45.2 Å². The highest BCUT2D eigenvalue weighted by molar-refractivity contribution is 8.00. The molecule has 2 atom stereocenters. The summed E-state index contributed by atoms with van der Waals surface area (Å²) in [5.41, 5.74) is 2.07. The fourth-order valence-corrected chi connectivity index (χ4v) is 4.48. The van der Waals surface area contributed by atoms with Crippen LogP contribution in [0.5, 0.6) is 0 Å². The van der Waals surface area contributed by atoms with E-state index in [4.69, 9.17) is 5.11 Å². The molecule has 8 heteroatoms. The van der Waals surface area contributed by atoms with E-state index in [2.05, 4.69) is 10.3 Å². The molecule has 2 aromatic rings. The predicted molar refractivity (Wildman–Crippen MR) is 109 cm³/mol. The Hall–Kier alpha value is -2.48. The highest BCUT2D eigenvalue weighted by Gasteiger charge is 2.28. The number of carbonyl (C=O) groups excluding carboxylic acids is 1. The number of thioether (sulfide) groups is 1. The van der Waals surface area contributed by atoms with Crippen molar-refractivity contribution in [1.82, 2.24) is 10.3 Å². The number of aromatic nitrogens is 1. The number of nitrogens with one attached hydrogen (secondary N) is 2. The van der Waals surface area contributed by atoms with Crippen molar-refractivity contribution in [3.05, 3.63) is 30.0 Å². The Bertz CT molecular complexity index is 861. The first-order valence-corrected chi connectivity index (χ1v) is 10.0. The molecule has 1 amide bonds. The number of carboxylic acids is 2. The minimum absolute atomic E-state index is 0.151. The van der Waals surface area contributed by atoms with Gasteiger partial charge in [0.05, 0.1) is 5.25 Å². The van der Waals surface area contributed by atoms with Crippen LogP contribution in [0.15, 0.2) is 29.3 Å². The lowest BCUT2D eigenvalue weighted by Crippen LogP contribution is -2.45. The number of carbonyl (C=O) groups is 3. The van der Waals surface area contributed by atoms with E-state index in [0.717, 1.165) is 21.4 Å². The zero-order valence-electron chi connectivity index (χ0n) is 16.2. The molecule has 0 saturated carbocycles. The Morgan fingerprint density at radius 1 is 1.21 bits per heavy atom. The molecule has 1 aromatic heterocycles. The maximum absolute atomic E-state index is 12.8. The summed E-state index contributed by atoms with van der Waals surface area (Å²) in [7, 11) is 0. The number of hydrogen-bond acceptors (Lipinski definition) is 4. The summed E-state index contributed by atoms with van der Waals surface area (Å²) in [4.78, 5) is 39.1. The van der Waals surface area contributed by atoms with Crippen LogP contribution in [0, 0.1) is 12.8 Å². The van der Waals surface area contributed by atoms with Crippen LogP contribution in [0.3, 0.4) is 0 Å². The quantitative estimate of drug-likeness (QED) is 0.449. The predicted octanol–water partition coefficient (Wildman–Crippen LogP) is 3.42. The second-order valence-electron chi connectivity index (χ2n) is 7.22. The summed E-state index contributed by atoms with van der Waals surface area (Å²) in [6.07, 6.45) is 1.96. The van der Waals surface area contributed by atoms with Crippen molar-refractivity contribution in [3.8, 4) is 0 Å². The monoisotopic (exact) mass is 406 g/mol. The largest absolute Gasteiger partial charge is 0.481 e. The molecule has 28 heavy (non-hydrogen) atoms. The standard InChI is InChI=1S/C20H26N2O5S/c1-11(2)9-15(19(25)22-14(20(26)27)7-8-17(23)24)28-16-10-21-13-6-4-5-12(3)18(13)16/h4-6,10-11,14-15,21H,7-9H2,1-3H3,(H,22,25)(H,23,24)(H,26,27). The van der Waals surface area contributed by atoms with Gasteiger partial charge in [-0.2, -0.15) is 0 Å². The van der Waals surface area contributed by atoms with E-state index in [0.29, 0.717) is 6.42 Å². The number of fused-ring (bicyclic) bond motifs is 1. The van der Waals surface area contributed by atoms with E-state index in [1.54, 1.807) is 0 Å². The summed E-state index contributed by atoms with van der Waals surface area (Å²) in [6, 6.07) is 4.71. The van der Waals surface area contributed by atoms with Crippen LogP contribution in [0.1, 0.15) is 38.7 Å². The highest BCUT2D eigenvalue weighted by atomic mass is 32.2. The third-order valence-electron chi connectivity index (χ3n) is 4.39. The molecule has 0 aliphatic rings. The van der Waals surface area contributed by atoms with Crippen LogP contribution in [-0.4, -0.2) is 44.3 Å². The molecule has 2 unspecified atom stereocenters. The first kappa shape index (κ1) is 21.8. The average molecular weight is 407 g/mol. The van der Waals surface area contributed by atoms with Crippen LogP contribution in [0.2, 0.25) is 0 Å². The molecule has 4 N–H and O–H groups in total. The Morgan fingerprint density at radius 2 is 1.93 bits per heavy atom. The topological polar surface area (TPSA) is 119 Å². The van der Waals surface area contributed by atoms with Gasteiger partial charge in [-0.3, -0.25) is 9.59 Å². The third-order valence-corrected chi connectivity index (χ3v) is 5.65. The van der Waals surface area contributed by atoms with Gasteiger partial charge in [0, 0.05) is 28.4 Å².